The lowest BCUT2D eigenvalue weighted by molar-refractivity contribution is 0.549. The lowest BCUT2D eigenvalue weighted by atomic mass is 9.88. The van der Waals surface area contributed by atoms with Crippen LogP contribution in [0.3, 0.4) is 0 Å². The zero-order valence-corrected chi connectivity index (χ0v) is 11.8. The van der Waals surface area contributed by atoms with Gasteiger partial charge in [-0.1, -0.05) is 30.3 Å². The van der Waals surface area contributed by atoms with Crippen molar-refractivity contribution in [3.05, 3.63) is 56.7 Å². The second-order valence-corrected chi connectivity index (χ2v) is 7.14. The molecule has 1 aromatic heterocycles. The SMILES string of the molecule is NC(c1ccc(Br)s1)C1(c2ccccc2)CC1. The van der Waals surface area contributed by atoms with Gasteiger partial charge in [0.15, 0.2) is 0 Å². The number of halogens is 1. The van der Waals surface area contributed by atoms with Gasteiger partial charge >= 0.3 is 0 Å². The summed E-state index contributed by atoms with van der Waals surface area (Å²) in [5.41, 5.74) is 8.04. The third-order valence-corrected chi connectivity index (χ3v) is 5.34. The Morgan fingerprint density at radius 3 is 2.35 bits per heavy atom. The first-order valence-electron chi connectivity index (χ1n) is 5.79. The lowest BCUT2D eigenvalue weighted by Crippen LogP contribution is -2.25. The van der Waals surface area contributed by atoms with Crippen molar-refractivity contribution < 1.29 is 0 Å². The van der Waals surface area contributed by atoms with Gasteiger partial charge in [-0.3, -0.25) is 0 Å². The summed E-state index contributed by atoms with van der Waals surface area (Å²) in [7, 11) is 0. The summed E-state index contributed by atoms with van der Waals surface area (Å²) in [6.45, 7) is 0. The van der Waals surface area contributed by atoms with Gasteiger partial charge in [0.25, 0.3) is 0 Å². The molecule has 1 aliphatic carbocycles. The number of rotatable bonds is 3. The van der Waals surface area contributed by atoms with Crippen LogP contribution >= 0.6 is 27.3 Å². The van der Waals surface area contributed by atoms with Gasteiger partial charge in [-0.25, -0.2) is 0 Å². The number of hydrogen-bond donors (Lipinski definition) is 1. The quantitative estimate of drug-likeness (QED) is 0.901. The molecule has 0 bridgehead atoms. The van der Waals surface area contributed by atoms with Gasteiger partial charge in [0.05, 0.1) is 3.79 Å². The summed E-state index contributed by atoms with van der Waals surface area (Å²) in [6, 6.07) is 15.0. The predicted octanol–water partition coefficient (Wildman–Crippen LogP) is 4.24. The zero-order valence-electron chi connectivity index (χ0n) is 9.40. The summed E-state index contributed by atoms with van der Waals surface area (Å²) >= 11 is 5.26. The van der Waals surface area contributed by atoms with E-state index in [2.05, 4.69) is 58.4 Å². The first-order valence-corrected chi connectivity index (χ1v) is 7.40. The highest BCUT2D eigenvalue weighted by atomic mass is 79.9. The number of nitrogens with two attached hydrogens (primary N) is 1. The molecule has 0 amide bonds. The molecule has 3 heteroatoms. The molecule has 1 atom stereocenters. The van der Waals surface area contributed by atoms with E-state index in [1.807, 2.05) is 0 Å². The van der Waals surface area contributed by atoms with Crippen molar-refractivity contribution in [2.24, 2.45) is 5.73 Å². The summed E-state index contributed by atoms with van der Waals surface area (Å²) < 4.78 is 1.16. The molecule has 0 aliphatic heterocycles. The minimum absolute atomic E-state index is 0.126. The van der Waals surface area contributed by atoms with Crippen molar-refractivity contribution >= 4 is 27.3 Å². The summed E-state index contributed by atoms with van der Waals surface area (Å²) in [5.74, 6) is 0. The minimum Gasteiger partial charge on any atom is -0.323 e. The molecule has 3 rings (SSSR count). The fraction of sp³-hybridized carbons (Fsp3) is 0.286. The highest BCUT2D eigenvalue weighted by Crippen LogP contribution is 2.56. The lowest BCUT2D eigenvalue weighted by Gasteiger charge is -2.22. The van der Waals surface area contributed by atoms with Crippen LogP contribution in [0.25, 0.3) is 0 Å². The maximum Gasteiger partial charge on any atom is 0.0701 e. The van der Waals surface area contributed by atoms with E-state index in [1.165, 1.54) is 23.3 Å². The van der Waals surface area contributed by atoms with E-state index in [1.54, 1.807) is 11.3 Å². The molecule has 2 N–H and O–H groups in total. The van der Waals surface area contributed by atoms with Gasteiger partial charge in [0, 0.05) is 16.3 Å². The highest BCUT2D eigenvalue weighted by Gasteiger charge is 2.50. The first-order chi connectivity index (χ1) is 8.22. The molecule has 1 unspecified atom stereocenters. The van der Waals surface area contributed by atoms with Crippen LogP contribution in [0.5, 0.6) is 0 Å². The normalized spacial score (nSPS) is 18.9. The van der Waals surface area contributed by atoms with Crippen molar-refractivity contribution in [1.29, 1.82) is 0 Å². The fourth-order valence-electron chi connectivity index (χ4n) is 2.45. The fourth-order valence-corrected chi connectivity index (χ4v) is 3.99. The Labute approximate surface area is 114 Å². The molecule has 1 aliphatic rings. The van der Waals surface area contributed by atoms with Gasteiger partial charge in [0.2, 0.25) is 0 Å². The molecule has 1 aromatic carbocycles. The van der Waals surface area contributed by atoms with Crippen LogP contribution in [0.15, 0.2) is 46.3 Å². The summed E-state index contributed by atoms with van der Waals surface area (Å²) in [4.78, 5) is 1.28. The molecule has 88 valence electrons. The van der Waals surface area contributed by atoms with Crippen LogP contribution in [0.2, 0.25) is 0 Å². The van der Waals surface area contributed by atoms with Gasteiger partial charge in [-0.05, 0) is 46.5 Å². The highest BCUT2D eigenvalue weighted by molar-refractivity contribution is 9.11. The van der Waals surface area contributed by atoms with Gasteiger partial charge in [0.1, 0.15) is 0 Å². The second-order valence-electron chi connectivity index (χ2n) is 4.64. The molecule has 0 radical (unpaired) electrons. The van der Waals surface area contributed by atoms with Crippen molar-refractivity contribution in [2.75, 3.05) is 0 Å². The number of benzene rings is 1. The monoisotopic (exact) mass is 307 g/mol. The van der Waals surface area contributed by atoms with E-state index in [0.717, 1.165) is 3.79 Å². The summed E-state index contributed by atoms with van der Waals surface area (Å²) in [6.07, 6.45) is 2.40. The number of hydrogen-bond acceptors (Lipinski definition) is 2. The topological polar surface area (TPSA) is 26.0 Å². The first kappa shape index (κ1) is 11.5. The maximum absolute atomic E-state index is 6.47. The molecule has 2 aromatic rings. The molecular weight excluding hydrogens is 294 g/mol. The van der Waals surface area contributed by atoms with Crippen molar-refractivity contribution in [3.8, 4) is 0 Å². The Morgan fingerprint density at radius 2 is 1.82 bits per heavy atom. The molecule has 1 fully saturated rings. The third kappa shape index (κ3) is 1.96. The van der Waals surface area contributed by atoms with Gasteiger partial charge in [-0.15, -0.1) is 11.3 Å². The Balaban J connectivity index is 1.94. The van der Waals surface area contributed by atoms with Crippen molar-refractivity contribution in [2.45, 2.75) is 24.3 Å². The predicted molar refractivity (Wildman–Crippen MR) is 76.3 cm³/mol. The molecule has 0 saturated heterocycles. The van der Waals surface area contributed by atoms with Gasteiger partial charge in [-0.2, -0.15) is 0 Å². The zero-order chi connectivity index (χ0) is 11.9. The van der Waals surface area contributed by atoms with Gasteiger partial charge < -0.3 is 5.73 Å². The van der Waals surface area contributed by atoms with Crippen LogP contribution in [0, 0.1) is 0 Å². The van der Waals surface area contributed by atoms with E-state index in [4.69, 9.17) is 5.73 Å². The number of thiophene rings is 1. The Kier molecular flexibility index (Phi) is 2.85. The average Bonchev–Trinajstić information content (AvgIpc) is 3.07. The molecular formula is C14H14BrNS. The molecule has 1 nitrogen and oxygen atoms in total. The van der Waals surface area contributed by atoms with E-state index < -0.39 is 0 Å². The molecule has 0 spiro atoms. The van der Waals surface area contributed by atoms with E-state index in [-0.39, 0.29) is 11.5 Å². The van der Waals surface area contributed by atoms with Crippen molar-refractivity contribution in [1.82, 2.24) is 0 Å². The second kappa shape index (κ2) is 4.23. The molecule has 17 heavy (non-hydrogen) atoms. The van der Waals surface area contributed by atoms with Crippen LogP contribution in [-0.2, 0) is 5.41 Å². The van der Waals surface area contributed by atoms with E-state index in [0.29, 0.717) is 0 Å². The van der Waals surface area contributed by atoms with E-state index in [9.17, 15) is 0 Å². The third-order valence-electron chi connectivity index (χ3n) is 3.63. The maximum atomic E-state index is 6.47. The molecule has 1 heterocycles. The van der Waals surface area contributed by atoms with Crippen molar-refractivity contribution in [3.63, 3.8) is 0 Å². The van der Waals surface area contributed by atoms with E-state index >= 15 is 0 Å². The van der Waals surface area contributed by atoms with Crippen LogP contribution < -0.4 is 5.73 Å². The standard InChI is InChI=1S/C14H14BrNS/c15-12-7-6-11(17-12)13(16)14(8-9-14)10-4-2-1-3-5-10/h1-7,13H,8-9,16H2. The van der Waals surface area contributed by atoms with Crippen LogP contribution in [0.1, 0.15) is 29.3 Å². The largest absolute Gasteiger partial charge is 0.323 e. The smallest absolute Gasteiger partial charge is 0.0701 e. The Morgan fingerprint density at radius 1 is 1.12 bits per heavy atom. The average molecular weight is 308 g/mol. The minimum atomic E-state index is 0.126. The Hall–Kier alpha value is -0.640. The van der Waals surface area contributed by atoms with Crippen LogP contribution in [0.4, 0.5) is 0 Å². The Bertz CT molecular complexity index is 516. The summed E-state index contributed by atoms with van der Waals surface area (Å²) in [5, 5.41) is 0. The molecule has 1 saturated carbocycles. The van der Waals surface area contributed by atoms with Crippen LogP contribution in [-0.4, -0.2) is 0 Å².